The minimum absolute atomic E-state index is 0.00424. The molecule has 2 nitrogen and oxygen atoms in total. The van der Waals surface area contributed by atoms with E-state index in [1.54, 1.807) is 6.92 Å². The van der Waals surface area contributed by atoms with Crippen LogP contribution in [-0.4, -0.2) is 30.2 Å². The Morgan fingerprint density at radius 3 is 2.20 bits per heavy atom. The smallest absolute Gasteiger partial charge is 0.153 e. The molecule has 0 aliphatic carbocycles. The van der Waals surface area contributed by atoms with Gasteiger partial charge in [-0.05, 0) is 6.92 Å². The third-order valence-corrected chi connectivity index (χ3v) is 4.92. The Kier molecular flexibility index (Phi) is 1.95. The van der Waals surface area contributed by atoms with Crippen LogP contribution in [0.4, 0.5) is 0 Å². The van der Waals surface area contributed by atoms with Gasteiger partial charge in [-0.3, -0.25) is 0 Å². The van der Waals surface area contributed by atoms with E-state index in [9.17, 15) is 8.42 Å². The molecule has 1 aliphatic heterocycles. The van der Waals surface area contributed by atoms with Crippen LogP contribution in [0.5, 0.6) is 0 Å². The van der Waals surface area contributed by atoms with Crippen LogP contribution in [0.25, 0.3) is 0 Å². The molecule has 1 rings (SSSR count). The van der Waals surface area contributed by atoms with Gasteiger partial charge in [-0.25, -0.2) is 8.42 Å². The molecule has 2 atom stereocenters. The van der Waals surface area contributed by atoms with Gasteiger partial charge in [0.1, 0.15) is 0 Å². The molecule has 1 aliphatic rings. The Balaban J connectivity index is 2.92. The zero-order chi connectivity index (χ0) is 7.99. The fourth-order valence-corrected chi connectivity index (χ4v) is 4.38. The van der Waals surface area contributed by atoms with Crippen molar-refractivity contribution < 1.29 is 8.42 Å². The lowest BCUT2D eigenvalue weighted by Gasteiger charge is -2.15. The van der Waals surface area contributed by atoms with Gasteiger partial charge in [-0.2, -0.15) is 0 Å². The van der Waals surface area contributed by atoms with Gasteiger partial charge in [0, 0.05) is 0 Å². The lowest BCUT2D eigenvalue weighted by atomic mass is 10.1. The normalized spacial score (nSPS) is 45.7. The van der Waals surface area contributed by atoms with Crippen LogP contribution in [-0.2, 0) is 9.84 Å². The molecule has 5 heteroatoms. The fraction of sp³-hybridized carbons (Fsp3) is 1.00. The average Bonchev–Trinajstić information content (AvgIpc) is 1.73. The molecule has 0 aromatic heterocycles. The number of halogens is 2. The topological polar surface area (TPSA) is 34.1 Å². The maximum atomic E-state index is 10.9. The van der Waals surface area contributed by atoms with Crippen LogP contribution >= 0.6 is 23.2 Å². The molecule has 0 radical (unpaired) electrons. The SMILES string of the molecule is C[C@@]1(Cl)CS(=O)(=O)C[C@H]1Cl. The molecule has 0 aromatic carbocycles. The van der Waals surface area contributed by atoms with Crippen molar-refractivity contribution in [2.75, 3.05) is 11.5 Å². The highest BCUT2D eigenvalue weighted by Crippen LogP contribution is 2.33. The zero-order valence-corrected chi connectivity index (χ0v) is 7.80. The van der Waals surface area contributed by atoms with E-state index in [1.807, 2.05) is 0 Å². The van der Waals surface area contributed by atoms with Gasteiger partial charge in [0.15, 0.2) is 9.84 Å². The second-order valence-electron chi connectivity index (χ2n) is 2.80. The summed E-state index contributed by atoms with van der Waals surface area (Å²) in [4.78, 5) is -0.764. The van der Waals surface area contributed by atoms with E-state index < -0.39 is 20.1 Å². The summed E-state index contributed by atoms with van der Waals surface area (Å²) in [7, 11) is -2.97. The lowest BCUT2D eigenvalue weighted by molar-refractivity contribution is 0.601. The van der Waals surface area contributed by atoms with Crippen LogP contribution < -0.4 is 0 Å². The Hall–Kier alpha value is 0.530. The third kappa shape index (κ3) is 1.57. The van der Waals surface area contributed by atoms with E-state index in [2.05, 4.69) is 0 Å². The van der Waals surface area contributed by atoms with Gasteiger partial charge in [0.2, 0.25) is 0 Å². The summed E-state index contributed by atoms with van der Waals surface area (Å²) < 4.78 is 21.8. The van der Waals surface area contributed by atoms with E-state index in [0.717, 1.165) is 0 Å². The monoisotopic (exact) mass is 202 g/mol. The van der Waals surface area contributed by atoms with Gasteiger partial charge < -0.3 is 0 Å². The second kappa shape index (κ2) is 2.26. The number of hydrogen-bond acceptors (Lipinski definition) is 2. The van der Waals surface area contributed by atoms with Crippen LogP contribution in [0, 0.1) is 0 Å². The predicted octanol–water partition coefficient (Wildman–Crippen LogP) is 1.02. The highest BCUT2D eigenvalue weighted by molar-refractivity contribution is 7.92. The molecule has 0 bridgehead atoms. The van der Waals surface area contributed by atoms with Gasteiger partial charge in [0.25, 0.3) is 0 Å². The largest absolute Gasteiger partial charge is 0.229 e. The van der Waals surface area contributed by atoms with Crippen LogP contribution in [0.15, 0.2) is 0 Å². The summed E-state index contributed by atoms with van der Waals surface area (Å²) in [6.45, 7) is 1.65. The molecule has 1 saturated heterocycles. The molecule has 60 valence electrons. The number of alkyl halides is 2. The van der Waals surface area contributed by atoms with Crippen LogP contribution in [0.3, 0.4) is 0 Å². The van der Waals surface area contributed by atoms with E-state index in [4.69, 9.17) is 23.2 Å². The predicted molar refractivity (Wildman–Crippen MR) is 42.6 cm³/mol. The zero-order valence-electron chi connectivity index (χ0n) is 5.47. The molecule has 0 N–H and O–H groups in total. The molecule has 1 heterocycles. The summed E-state index contributed by atoms with van der Waals surface area (Å²) in [6.07, 6.45) is 0. The standard InChI is InChI=1S/C5H8Cl2O2S/c1-5(7)3-10(8,9)2-4(5)6/h4H,2-3H2,1H3/t4-,5-/m1/s1. The maximum Gasteiger partial charge on any atom is 0.153 e. The third-order valence-electron chi connectivity index (χ3n) is 1.56. The van der Waals surface area contributed by atoms with E-state index in [-0.39, 0.29) is 11.5 Å². The molecular formula is C5H8Cl2O2S. The van der Waals surface area contributed by atoms with Crippen molar-refractivity contribution in [1.82, 2.24) is 0 Å². The summed E-state index contributed by atoms with van der Waals surface area (Å²) in [6, 6.07) is 0. The first-order chi connectivity index (χ1) is 4.33. The summed E-state index contributed by atoms with van der Waals surface area (Å²) >= 11 is 11.5. The minimum Gasteiger partial charge on any atom is -0.229 e. The van der Waals surface area contributed by atoms with Crippen molar-refractivity contribution in [2.45, 2.75) is 17.2 Å². The van der Waals surface area contributed by atoms with E-state index in [1.165, 1.54) is 0 Å². The molecule has 10 heavy (non-hydrogen) atoms. The molecule has 0 amide bonds. The highest BCUT2D eigenvalue weighted by atomic mass is 35.5. The molecular weight excluding hydrogens is 195 g/mol. The van der Waals surface area contributed by atoms with Gasteiger partial charge in [0.05, 0.1) is 21.8 Å². The van der Waals surface area contributed by atoms with Crippen LogP contribution in [0.2, 0.25) is 0 Å². The quantitative estimate of drug-likeness (QED) is 0.551. The first-order valence-corrected chi connectivity index (χ1v) is 5.50. The van der Waals surface area contributed by atoms with Crippen molar-refractivity contribution >= 4 is 33.0 Å². The molecule has 0 unspecified atom stereocenters. The Labute approximate surface area is 70.4 Å². The van der Waals surface area contributed by atoms with Crippen molar-refractivity contribution in [2.24, 2.45) is 0 Å². The average molecular weight is 203 g/mol. The molecule has 1 fully saturated rings. The second-order valence-corrected chi connectivity index (χ2v) is 6.30. The fourth-order valence-electron chi connectivity index (χ4n) is 0.976. The number of hydrogen-bond donors (Lipinski definition) is 0. The van der Waals surface area contributed by atoms with Gasteiger partial charge in [-0.1, -0.05) is 0 Å². The van der Waals surface area contributed by atoms with Crippen molar-refractivity contribution in [1.29, 1.82) is 0 Å². The van der Waals surface area contributed by atoms with E-state index in [0.29, 0.717) is 0 Å². The summed E-state index contributed by atoms with van der Waals surface area (Å²) in [5.41, 5.74) is 0. The lowest BCUT2D eigenvalue weighted by Crippen LogP contribution is -2.26. The highest BCUT2D eigenvalue weighted by Gasteiger charge is 2.44. The molecule has 0 aromatic rings. The van der Waals surface area contributed by atoms with Crippen LogP contribution in [0.1, 0.15) is 6.92 Å². The Morgan fingerprint density at radius 1 is 1.60 bits per heavy atom. The Bertz CT molecular complexity index is 232. The minimum atomic E-state index is -2.97. The van der Waals surface area contributed by atoms with E-state index >= 15 is 0 Å². The van der Waals surface area contributed by atoms with Crippen molar-refractivity contribution in [3.05, 3.63) is 0 Å². The molecule has 0 spiro atoms. The van der Waals surface area contributed by atoms with Gasteiger partial charge in [-0.15, -0.1) is 23.2 Å². The first kappa shape index (κ1) is 8.62. The molecule has 0 saturated carbocycles. The summed E-state index contributed by atoms with van der Waals surface area (Å²) in [5.74, 6) is 0.00424. The number of sulfone groups is 1. The Morgan fingerprint density at radius 2 is 2.10 bits per heavy atom. The maximum absolute atomic E-state index is 10.9. The first-order valence-electron chi connectivity index (χ1n) is 2.87. The van der Waals surface area contributed by atoms with Crippen molar-refractivity contribution in [3.63, 3.8) is 0 Å². The number of rotatable bonds is 0. The van der Waals surface area contributed by atoms with Gasteiger partial charge >= 0.3 is 0 Å². The summed E-state index contributed by atoms with van der Waals surface area (Å²) in [5, 5.41) is -0.445. The van der Waals surface area contributed by atoms with Crippen molar-refractivity contribution in [3.8, 4) is 0 Å².